The molecule has 0 saturated carbocycles. The molecule has 72 valence electrons. The van der Waals surface area contributed by atoms with Crippen molar-refractivity contribution in [2.24, 2.45) is 11.7 Å². The van der Waals surface area contributed by atoms with Crippen molar-refractivity contribution in [3.05, 3.63) is 0 Å². The highest BCUT2D eigenvalue weighted by molar-refractivity contribution is 4.78. The molecule has 3 nitrogen and oxygen atoms in total. The summed E-state index contributed by atoms with van der Waals surface area (Å²) in [5.41, 5.74) is 5.85. The van der Waals surface area contributed by atoms with E-state index in [0.29, 0.717) is 5.92 Å². The first-order valence-corrected chi connectivity index (χ1v) is 4.80. The standard InChI is InChI=1S/C9H20N2O/c1-7(2)8(10)9(12)11-5-3-4-6-11/h7-9,12H,3-6,10H2,1-2H3/t8-,9?/m0/s1. The quantitative estimate of drug-likeness (QED) is 0.647. The predicted molar refractivity (Wildman–Crippen MR) is 49.6 cm³/mol. The summed E-state index contributed by atoms with van der Waals surface area (Å²) in [5, 5.41) is 9.79. The van der Waals surface area contributed by atoms with Crippen molar-refractivity contribution in [1.82, 2.24) is 4.90 Å². The number of nitrogens with zero attached hydrogens (tertiary/aromatic N) is 1. The summed E-state index contributed by atoms with van der Waals surface area (Å²) in [6.07, 6.45) is 1.96. The second-order valence-corrected chi connectivity index (χ2v) is 3.98. The summed E-state index contributed by atoms with van der Waals surface area (Å²) in [7, 11) is 0. The number of hydrogen-bond acceptors (Lipinski definition) is 3. The Balaban J connectivity index is 2.39. The zero-order valence-electron chi connectivity index (χ0n) is 8.03. The van der Waals surface area contributed by atoms with Gasteiger partial charge in [0.2, 0.25) is 0 Å². The fourth-order valence-electron chi connectivity index (χ4n) is 1.59. The SMILES string of the molecule is CC(C)[C@H](N)C(O)N1CCCC1. The third kappa shape index (κ3) is 2.19. The molecule has 1 aliphatic rings. The maximum Gasteiger partial charge on any atom is 0.122 e. The Bertz CT molecular complexity index is 130. The van der Waals surface area contributed by atoms with E-state index in [0.717, 1.165) is 13.1 Å². The highest BCUT2D eigenvalue weighted by Gasteiger charge is 2.26. The van der Waals surface area contributed by atoms with Crippen LogP contribution in [0.3, 0.4) is 0 Å². The zero-order chi connectivity index (χ0) is 9.14. The highest BCUT2D eigenvalue weighted by Crippen LogP contribution is 2.14. The molecule has 0 aromatic carbocycles. The van der Waals surface area contributed by atoms with Gasteiger partial charge >= 0.3 is 0 Å². The third-order valence-corrected chi connectivity index (χ3v) is 2.63. The normalized spacial score (nSPS) is 24.8. The minimum atomic E-state index is -0.438. The molecule has 3 heteroatoms. The van der Waals surface area contributed by atoms with E-state index in [1.807, 2.05) is 13.8 Å². The van der Waals surface area contributed by atoms with Gasteiger partial charge in [-0.2, -0.15) is 0 Å². The molecule has 1 unspecified atom stereocenters. The number of hydrogen-bond donors (Lipinski definition) is 2. The molecule has 0 aliphatic carbocycles. The fourth-order valence-corrected chi connectivity index (χ4v) is 1.59. The lowest BCUT2D eigenvalue weighted by Crippen LogP contribution is -2.49. The average Bonchev–Trinajstić information content (AvgIpc) is 2.53. The highest BCUT2D eigenvalue weighted by atomic mass is 16.3. The summed E-state index contributed by atoms with van der Waals surface area (Å²) >= 11 is 0. The van der Waals surface area contributed by atoms with Gasteiger partial charge in [0.25, 0.3) is 0 Å². The molecule has 12 heavy (non-hydrogen) atoms. The second-order valence-electron chi connectivity index (χ2n) is 3.98. The van der Waals surface area contributed by atoms with Gasteiger partial charge in [-0.25, -0.2) is 0 Å². The van der Waals surface area contributed by atoms with Gasteiger partial charge in [-0.15, -0.1) is 0 Å². The van der Waals surface area contributed by atoms with Gasteiger partial charge in [0.05, 0.1) is 0 Å². The first-order valence-electron chi connectivity index (χ1n) is 4.80. The lowest BCUT2D eigenvalue weighted by molar-refractivity contribution is -0.0109. The van der Waals surface area contributed by atoms with E-state index in [1.165, 1.54) is 12.8 Å². The summed E-state index contributed by atoms with van der Waals surface area (Å²) < 4.78 is 0. The first-order chi connectivity index (χ1) is 5.63. The lowest BCUT2D eigenvalue weighted by atomic mass is 10.0. The number of aliphatic hydroxyl groups excluding tert-OH is 1. The topological polar surface area (TPSA) is 49.5 Å². The maximum atomic E-state index is 9.79. The number of nitrogens with two attached hydrogens (primary N) is 1. The molecule has 0 radical (unpaired) electrons. The molecule has 1 aliphatic heterocycles. The van der Waals surface area contributed by atoms with E-state index in [1.54, 1.807) is 0 Å². The molecule has 3 N–H and O–H groups in total. The van der Waals surface area contributed by atoms with Gasteiger partial charge < -0.3 is 10.8 Å². The van der Waals surface area contributed by atoms with Crippen LogP contribution in [0.5, 0.6) is 0 Å². The molecule has 1 rings (SSSR count). The van der Waals surface area contributed by atoms with E-state index >= 15 is 0 Å². The molecule has 1 heterocycles. The second kappa shape index (κ2) is 4.21. The van der Waals surface area contributed by atoms with Gasteiger partial charge in [-0.05, 0) is 18.8 Å². The maximum absolute atomic E-state index is 9.79. The Morgan fingerprint density at radius 1 is 1.25 bits per heavy atom. The van der Waals surface area contributed by atoms with Crippen molar-refractivity contribution in [3.63, 3.8) is 0 Å². The Morgan fingerprint density at radius 3 is 2.17 bits per heavy atom. The lowest BCUT2D eigenvalue weighted by Gasteiger charge is -2.29. The third-order valence-electron chi connectivity index (χ3n) is 2.63. The number of likely N-dealkylation sites (tertiary alicyclic amines) is 1. The predicted octanol–water partition coefficient (Wildman–Crippen LogP) is 0.384. The van der Waals surface area contributed by atoms with Gasteiger partial charge in [-0.1, -0.05) is 13.8 Å². The minimum Gasteiger partial charge on any atom is -0.377 e. The van der Waals surface area contributed by atoms with Gasteiger partial charge in [0.1, 0.15) is 6.23 Å². The molecule has 0 amide bonds. The Labute approximate surface area is 74.5 Å². The van der Waals surface area contributed by atoms with Crippen LogP contribution in [0.15, 0.2) is 0 Å². The molecule has 1 fully saturated rings. The van der Waals surface area contributed by atoms with Crippen molar-refractivity contribution in [2.75, 3.05) is 13.1 Å². The monoisotopic (exact) mass is 172 g/mol. The molecule has 2 atom stereocenters. The number of aliphatic hydroxyl groups is 1. The summed E-state index contributed by atoms with van der Waals surface area (Å²) in [4.78, 5) is 2.07. The van der Waals surface area contributed by atoms with Crippen LogP contribution in [0.4, 0.5) is 0 Å². The Hall–Kier alpha value is -0.120. The molecule has 0 spiro atoms. The van der Waals surface area contributed by atoms with E-state index in [9.17, 15) is 5.11 Å². The number of rotatable bonds is 3. The first kappa shape index (κ1) is 9.96. The molecule has 0 bridgehead atoms. The van der Waals surface area contributed by atoms with Crippen molar-refractivity contribution >= 4 is 0 Å². The van der Waals surface area contributed by atoms with E-state index in [-0.39, 0.29) is 6.04 Å². The smallest absolute Gasteiger partial charge is 0.122 e. The van der Waals surface area contributed by atoms with E-state index < -0.39 is 6.23 Å². The van der Waals surface area contributed by atoms with E-state index in [4.69, 9.17) is 5.73 Å². The van der Waals surface area contributed by atoms with Gasteiger partial charge in [0, 0.05) is 19.1 Å². The Kier molecular flexibility index (Phi) is 3.50. The van der Waals surface area contributed by atoms with Crippen molar-refractivity contribution in [3.8, 4) is 0 Å². The van der Waals surface area contributed by atoms with Crippen LogP contribution in [0.2, 0.25) is 0 Å². The minimum absolute atomic E-state index is 0.108. The molecular weight excluding hydrogens is 152 g/mol. The largest absolute Gasteiger partial charge is 0.377 e. The zero-order valence-corrected chi connectivity index (χ0v) is 8.03. The Morgan fingerprint density at radius 2 is 1.75 bits per heavy atom. The molecular formula is C9H20N2O. The van der Waals surface area contributed by atoms with Crippen molar-refractivity contribution in [2.45, 2.75) is 39.0 Å². The van der Waals surface area contributed by atoms with Crippen LogP contribution >= 0.6 is 0 Å². The average molecular weight is 172 g/mol. The van der Waals surface area contributed by atoms with Crippen LogP contribution in [0.1, 0.15) is 26.7 Å². The summed E-state index contributed by atoms with van der Waals surface area (Å²) in [6, 6.07) is -0.108. The van der Waals surface area contributed by atoms with Crippen LogP contribution in [0.25, 0.3) is 0 Å². The van der Waals surface area contributed by atoms with Crippen LogP contribution in [-0.2, 0) is 0 Å². The van der Waals surface area contributed by atoms with Crippen LogP contribution in [-0.4, -0.2) is 35.4 Å². The summed E-state index contributed by atoms with van der Waals surface area (Å²) in [5.74, 6) is 0.348. The van der Waals surface area contributed by atoms with Crippen molar-refractivity contribution in [1.29, 1.82) is 0 Å². The van der Waals surface area contributed by atoms with Crippen LogP contribution in [0, 0.1) is 5.92 Å². The van der Waals surface area contributed by atoms with Crippen molar-refractivity contribution < 1.29 is 5.11 Å². The van der Waals surface area contributed by atoms with Gasteiger partial charge in [-0.3, -0.25) is 4.90 Å². The molecule has 0 aromatic heterocycles. The van der Waals surface area contributed by atoms with Crippen LogP contribution < -0.4 is 5.73 Å². The summed E-state index contributed by atoms with van der Waals surface area (Å²) in [6.45, 7) is 6.09. The van der Waals surface area contributed by atoms with Gasteiger partial charge in [0.15, 0.2) is 0 Å². The molecule has 0 aromatic rings. The fraction of sp³-hybridized carbons (Fsp3) is 1.00. The van der Waals surface area contributed by atoms with E-state index in [2.05, 4.69) is 4.90 Å². The molecule has 1 saturated heterocycles.